The Hall–Kier alpha value is -4.89. The fourth-order valence-electron chi connectivity index (χ4n) is 9.01. The normalized spacial score (nSPS) is 17.0. The average Bonchev–Trinajstić information content (AvgIpc) is 3.78. The summed E-state index contributed by atoms with van der Waals surface area (Å²) in [7, 11) is 0. The predicted octanol–water partition coefficient (Wildman–Crippen LogP) is 8.49. The van der Waals surface area contributed by atoms with Gasteiger partial charge >= 0.3 is 0 Å². The molecule has 21 heteroatoms. The Morgan fingerprint density at radius 2 is 1.25 bits per heavy atom. The number of carbonyl (C=O) groups excluding carboxylic acids is 2. The third kappa shape index (κ3) is 17.3. The van der Waals surface area contributed by atoms with Crippen molar-refractivity contribution in [3.63, 3.8) is 0 Å². The lowest BCUT2D eigenvalue weighted by Gasteiger charge is -2.40. The number of phenols is 2. The molecule has 9 rings (SSSR count). The summed E-state index contributed by atoms with van der Waals surface area (Å²) in [6.07, 6.45) is 4.78. The highest BCUT2D eigenvalue weighted by atomic mass is 79.9. The van der Waals surface area contributed by atoms with Crippen LogP contribution in [0.3, 0.4) is 0 Å². The van der Waals surface area contributed by atoms with Crippen LogP contribution >= 0.6 is 61.1 Å². The number of nitrogens with zero attached hydrogens (tertiary/aromatic N) is 6. The van der Waals surface area contributed by atoms with Gasteiger partial charge in [-0.3, -0.25) is 19.4 Å². The summed E-state index contributed by atoms with van der Waals surface area (Å²) in [6.45, 7) is 14.1. The van der Waals surface area contributed by atoms with Gasteiger partial charge < -0.3 is 51.6 Å². The van der Waals surface area contributed by atoms with Gasteiger partial charge in [-0.05, 0) is 116 Å². The predicted molar refractivity (Wildman–Crippen MR) is 313 cm³/mol. The molecule has 0 bridgehead atoms. The number of hydrogen-bond donors (Lipinski definition) is 6. The number of thiazole rings is 1. The van der Waals surface area contributed by atoms with E-state index in [1.54, 1.807) is 24.3 Å². The largest absolute Gasteiger partial charge is 0.508 e. The molecule has 5 aromatic rings. The van der Waals surface area contributed by atoms with Crippen LogP contribution in [-0.4, -0.2) is 149 Å². The van der Waals surface area contributed by atoms with Crippen LogP contribution in [0.25, 0.3) is 0 Å². The van der Waals surface area contributed by atoms with Gasteiger partial charge in [0.15, 0.2) is 21.2 Å². The first-order chi connectivity index (χ1) is 35.0. The van der Waals surface area contributed by atoms with Crippen molar-refractivity contribution in [1.82, 2.24) is 14.8 Å². The number of nitrogen functional groups attached to an aromatic ring is 1. The lowest BCUT2D eigenvalue weighted by Crippen LogP contribution is -2.49. The SMILES string of the molecule is CCSC(N)=NC(=S)Nc1ccc(N2CCC(N3CCOCC3)CC2)cc1.Nc1nc(Nc2ccc(N3CCC(N4CCOCC4)CC3)cc2)sc1C(=O)c1cccc(O)c1.O=C(CBr)c1cccc(O)c1.P. The van der Waals surface area contributed by atoms with Gasteiger partial charge in [0.05, 0.1) is 31.8 Å². The molecule has 4 saturated heterocycles. The Morgan fingerprint density at radius 1 is 0.767 bits per heavy atom. The first-order valence-electron chi connectivity index (χ1n) is 24.3. The quantitative estimate of drug-likeness (QED) is 0.0173. The number of nitrogens with one attached hydrogen (secondary N) is 2. The molecule has 1 aromatic heterocycles. The zero-order chi connectivity index (χ0) is 50.8. The third-order valence-electron chi connectivity index (χ3n) is 12.8. The van der Waals surface area contributed by atoms with Crippen molar-refractivity contribution in [1.29, 1.82) is 0 Å². The number of alkyl halides is 1. The number of phenolic OH excluding ortho intramolecular Hbond substituents is 2. The van der Waals surface area contributed by atoms with Gasteiger partial charge in [0, 0.05) is 98.3 Å². The van der Waals surface area contributed by atoms with Gasteiger partial charge in [0.2, 0.25) is 5.78 Å². The molecule has 1 atom stereocenters. The number of thioether (sulfide) groups is 1. The maximum atomic E-state index is 12.8. The average molecular weight is 1140 g/mol. The number of aromatic hydroxyl groups is 2. The summed E-state index contributed by atoms with van der Waals surface area (Å²) < 4.78 is 11.0. The highest BCUT2D eigenvalue weighted by Gasteiger charge is 2.27. The van der Waals surface area contributed by atoms with Crippen LogP contribution < -0.4 is 31.9 Å². The van der Waals surface area contributed by atoms with Gasteiger partial charge in [-0.2, -0.15) is 14.9 Å². The molecule has 0 spiro atoms. The van der Waals surface area contributed by atoms with Crippen molar-refractivity contribution in [3.8, 4) is 11.5 Å². The number of hydrogen-bond acceptors (Lipinski definition) is 16. The summed E-state index contributed by atoms with van der Waals surface area (Å²) in [4.78, 5) is 42.7. The lowest BCUT2D eigenvalue weighted by molar-refractivity contribution is 0.0115. The number of anilines is 6. The van der Waals surface area contributed by atoms with Gasteiger partial charge in [-0.15, -0.1) is 0 Å². The summed E-state index contributed by atoms with van der Waals surface area (Å²) in [6, 6.07) is 30.6. The minimum Gasteiger partial charge on any atom is -0.508 e. The first-order valence-corrected chi connectivity index (χ1v) is 27.7. The minimum atomic E-state index is -0.255. The zero-order valence-electron chi connectivity index (χ0n) is 41.3. The molecule has 73 heavy (non-hydrogen) atoms. The van der Waals surface area contributed by atoms with E-state index in [4.69, 9.17) is 38.3 Å². The van der Waals surface area contributed by atoms with Crippen molar-refractivity contribution in [2.24, 2.45) is 10.7 Å². The number of aromatic nitrogens is 1. The zero-order valence-corrected chi connectivity index (χ0v) is 46.7. The summed E-state index contributed by atoms with van der Waals surface area (Å²) >= 11 is 11.0. The second-order valence-corrected chi connectivity index (χ2v) is 20.7. The Morgan fingerprint density at radius 3 is 1.73 bits per heavy atom. The Kier molecular flexibility index (Phi) is 23.0. The van der Waals surface area contributed by atoms with Crippen molar-refractivity contribution in [2.45, 2.75) is 44.7 Å². The van der Waals surface area contributed by atoms with E-state index in [0.29, 0.717) is 43.5 Å². The van der Waals surface area contributed by atoms with E-state index in [0.717, 1.165) is 95.9 Å². The number of morpholine rings is 2. The van der Waals surface area contributed by atoms with E-state index >= 15 is 0 Å². The molecule has 0 saturated carbocycles. The van der Waals surface area contributed by atoms with Crippen molar-refractivity contribution in [3.05, 3.63) is 113 Å². The number of thiocarbonyl (C=S) groups is 1. The van der Waals surface area contributed by atoms with E-state index < -0.39 is 0 Å². The Labute approximate surface area is 454 Å². The smallest absolute Gasteiger partial charge is 0.206 e. The molecule has 4 aromatic carbocycles. The van der Waals surface area contributed by atoms with E-state index in [9.17, 15) is 14.7 Å². The number of ether oxygens (including phenoxy) is 2. The van der Waals surface area contributed by atoms with Gasteiger partial charge in [0.25, 0.3) is 0 Å². The molecular formula is C52H68BrN10O6PS3. The van der Waals surface area contributed by atoms with Crippen LogP contribution in [0.4, 0.5) is 33.7 Å². The number of halogens is 1. The topological polar surface area (TPSA) is 207 Å². The molecule has 5 heterocycles. The number of ketones is 2. The molecule has 1 unspecified atom stereocenters. The maximum absolute atomic E-state index is 12.8. The van der Waals surface area contributed by atoms with Crippen LogP contribution in [0.5, 0.6) is 11.5 Å². The number of Topliss-reactive ketones (excluding diaryl/α,β-unsaturated/α-hetero) is 1. The first kappa shape index (κ1) is 57.4. The second-order valence-electron chi connectivity index (χ2n) is 17.5. The number of carbonyl (C=O) groups is 2. The van der Waals surface area contributed by atoms with Crippen molar-refractivity contribution >= 4 is 117 Å². The van der Waals surface area contributed by atoms with Crippen LogP contribution in [0.2, 0.25) is 0 Å². The number of amidine groups is 1. The molecule has 16 nitrogen and oxygen atoms in total. The highest BCUT2D eigenvalue weighted by molar-refractivity contribution is 9.09. The van der Waals surface area contributed by atoms with Crippen LogP contribution in [-0.2, 0) is 9.47 Å². The number of benzene rings is 4. The highest BCUT2D eigenvalue weighted by Crippen LogP contribution is 2.32. The fraction of sp³-hybridized carbons (Fsp3) is 0.404. The summed E-state index contributed by atoms with van der Waals surface area (Å²) in [5, 5.41) is 26.8. The molecule has 392 valence electrons. The third-order valence-corrected chi connectivity index (χ3v) is 15.1. The maximum Gasteiger partial charge on any atom is 0.206 e. The van der Waals surface area contributed by atoms with E-state index in [1.807, 2.05) is 31.2 Å². The van der Waals surface area contributed by atoms with Crippen molar-refractivity contribution in [2.75, 3.05) is 116 Å². The number of rotatable bonds is 12. The number of aliphatic imine (C=N–C) groups is 1. The van der Waals surface area contributed by atoms with E-state index in [1.165, 1.54) is 84.4 Å². The minimum absolute atomic E-state index is 0. The number of nitrogens with two attached hydrogens (primary N) is 2. The van der Waals surface area contributed by atoms with E-state index in [-0.39, 0.29) is 44.1 Å². The van der Waals surface area contributed by atoms with Crippen LogP contribution in [0, 0.1) is 0 Å². The van der Waals surface area contributed by atoms with Crippen LogP contribution in [0.15, 0.2) is 102 Å². The molecule has 0 radical (unpaired) electrons. The van der Waals surface area contributed by atoms with Gasteiger partial charge in [-0.25, -0.2) is 4.98 Å². The monoisotopic (exact) mass is 1130 g/mol. The molecule has 8 N–H and O–H groups in total. The van der Waals surface area contributed by atoms with E-state index in [2.05, 4.69) is 80.4 Å². The Balaban J connectivity index is 0.000000199. The lowest BCUT2D eigenvalue weighted by atomic mass is 10.0. The molecule has 0 amide bonds. The molecule has 0 aliphatic carbocycles. The molecule has 4 fully saturated rings. The Bertz CT molecular complexity index is 2570. The fourth-order valence-corrected chi connectivity index (χ4v) is 10.9. The second kappa shape index (κ2) is 29.3. The molecular weight excluding hydrogens is 1070 g/mol. The summed E-state index contributed by atoms with van der Waals surface area (Å²) in [5.74, 6) is 0.945. The standard InChI is InChI=1S/C25H29N5O3S.C19H29N5OS2.C8H7BrO2.H3P/c26-24-23(22(32)17-2-1-3-21(31)16-17)34-25(28-24)27-18-4-6-19(7-5-18)29-10-8-20(9-11-29)30-12-14-33-15-13-30;1-2-27-18(20)22-19(26)21-15-3-5-16(6-4-15)23-9-7-17(8-10-23)24-11-13-25-14-12-24;9-5-8(11)6-2-1-3-7(10)4-6;/h1-7,16,20,31H,8-15,26H2,(H,27,28);3-6,17H,2,7-14H2,1H3,(H3,20,21,22,26);1-4,10H,5H2;1H3. The molecule has 4 aliphatic rings. The van der Waals surface area contributed by atoms with Crippen LogP contribution in [0.1, 0.15) is 58.2 Å². The van der Waals surface area contributed by atoms with Crippen molar-refractivity contribution < 1.29 is 29.3 Å². The molecule has 4 aliphatic heterocycles. The van der Waals surface area contributed by atoms with Gasteiger partial charge in [-0.1, -0.05) is 70.2 Å². The van der Waals surface area contributed by atoms with Gasteiger partial charge in [0.1, 0.15) is 22.2 Å². The summed E-state index contributed by atoms with van der Waals surface area (Å²) in [5.41, 5.74) is 17.0. The number of piperidine rings is 2.